The number of methoxy groups -OCH3 is 1. The first-order chi connectivity index (χ1) is 8.72. The number of nitrogens with zero attached hydrogens (tertiary/aromatic N) is 1. The molecule has 1 heterocycles. The summed E-state index contributed by atoms with van der Waals surface area (Å²) in [7, 11) is 1.63. The maximum absolute atomic E-state index is 5.76. The van der Waals surface area contributed by atoms with Crippen LogP contribution in [0.1, 0.15) is 15.4 Å². The molecule has 0 unspecified atom stereocenters. The average molecular weight is 264 g/mol. The molecule has 0 aliphatic carbocycles. The first-order valence-corrected chi connectivity index (χ1v) is 6.45. The quantitative estimate of drug-likeness (QED) is 0.901. The molecule has 0 spiro atoms. The van der Waals surface area contributed by atoms with Crippen LogP contribution in [0.2, 0.25) is 0 Å². The highest BCUT2D eigenvalue weighted by atomic mass is 32.1. The minimum Gasteiger partial charge on any atom is -0.493 e. The molecular formula is C13H16N2O2S. The Morgan fingerprint density at radius 1 is 1.33 bits per heavy atom. The molecule has 2 aromatic rings. The number of thiazole rings is 1. The van der Waals surface area contributed by atoms with E-state index in [-0.39, 0.29) is 0 Å². The maximum atomic E-state index is 5.76. The van der Waals surface area contributed by atoms with Crippen molar-refractivity contribution < 1.29 is 9.47 Å². The summed E-state index contributed by atoms with van der Waals surface area (Å²) >= 11 is 1.63. The standard InChI is InChI=1S/C13H16N2O2S/c1-9-15-7-11(18-9)8-17-13-5-10(6-14)3-4-12(13)16-2/h3-5,7H,6,8,14H2,1-2H3. The van der Waals surface area contributed by atoms with E-state index in [1.807, 2.05) is 31.3 Å². The molecule has 0 radical (unpaired) electrons. The fourth-order valence-corrected chi connectivity index (χ4v) is 2.29. The Morgan fingerprint density at radius 3 is 2.78 bits per heavy atom. The summed E-state index contributed by atoms with van der Waals surface area (Å²) in [6, 6.07) is 5.71. The lowest BCUT2D eigenvalue weighted by atomic mass is 10.2. The molecule has 4 nitrogen and oxygen atoms in total. The molecule has 1 aromatic carbocycles. The number of rotatable bonds is 5. The van der Waals surface area contributed by atoms with Gasteiger partial charge in [0.15, 0.2) is 11.5 Å². The summed E-state index contributed by atoms with van der Waals surface area (Å²) < 4.78 is 11.0. The van der Waals surface area contributed by atoms with Crippen LogP contribution in [0.15, 0.2) is 24.4 Å². The van der Waals surface area contributed by atoms with Gasteiger partial charge in [-0.2, -0.15) is 0 Å². The molecule has 0 bridgehead atoms. The van der Waals surface area contributed by atoms with Crippen LogP contribution in [0.5, 0.6) is 11.5 Å². The van der Waals surface area contributed by atoms with E-state index < -0.39 is 0 Å². The molecule has 0 saturated heterocycles. The number of hydrogen-bond donors (Lipinski definition) is 1. The molecule has 0 aliphatic rings. The van der Waals surface area contributed by atoms with E-state index in [0.717, 1.165) is 15.4 Å². The minimum atomic E-state index is 0.486. The SMILES string of the molecule is COc1ccc(CN)cc1OCc1cnc(C)s1. The Kier molecular flexibility index (Phi) is 4.17. The summed E-state index contributed by atoms with van der Waals surface area (Å²) in [5.41, 5.74) is 6.64. The monoisotopic (exact) mass is 264 g/mol. The van der Waals surface area contributed by atoms with Crippen LogP contribution in [-0.4, -0.2) is 12.1 Å². The molecule has 18 heavy (non-hydrogen) atoms. The highest BCUT2D eigenvalue weighted by molar-refractivity contribution is 7.11. The molecular weight excluding hydrogens is 248 g/mol. The van der Waals surface area contributed by atoms with Gasteiger partial charge in [-0.3, -0.25) is 0 Å². The summed E-state index contributed by atoms with van der Waals surface area (Å²) in [4.78, 5) is 5.28. The molecule has 0 fully saturated rings. The van der Waals surface area contributed by atoms with E-state index in [1.165, 1.54) is 0 Å². The smallest absolute Gasteiger partial charge is 0.162 e. The fourth-order valence-electron chi connectivity index (χ4n) is 1.58. The number of aryl methyl sites for hydroxylation is 1. The molecule has 2 rings (SSSR count). The van der Waals surface area contributed by atoms with Crippen LogP contribution < -0.4 is 15.2 Å². The van der Waals surface area contributed by atoms with Crippen LogP contribution in [0.4, 0.5) is 0 Å². The normalized spacial score (nSPS) is 10.4. The number of benzene rings is 1. The van der Waals surface area contributed by atoms with Gasteiger partial charge in [0.1, 0.15) is 6.61 Å². The highest BCUT2D eigenvalue weighted by Crippen LogP contribution is 2.29. The lowest BCUT2D eigenvalue weighted by molar-refractivity contribution is 0.287. The topological polar surface area (TPSA) is 57.4 Å². The fraction of sp³-hybridized carbons (Fsp3) is 0.308. The van der Waals surface area contributed by atoms with Gasteiger partial charge >= 0.3 is 0 Å². The second-order valence-electron chi connectivity index (χ2n) is 3.82. The van der Waals surface area contributed by atoms with Crippen molar-refractivity contribution >= 4 is 11.3 Å². The van der Waals surface area contributed by atoms with E-state index >= 15 is 0 Å². The first-order valence-electron chi connectivity index (χ1n) is 5.64. The van der Waals surface area contributed by atoms with Gasteiger partial charge in [-0.05, 0) is 24.6 Å². The maximum Gasteiger partial charge on any atom is 0.162 e. The number of aromatic nitrogens is 1. The van der Waals surface area contributed by atoms with Gasteiger partial charge < -0.3 is 15.2 Å². The predicted octanol–water partition coefficient (Wildman–Crippen LogP) is 2.50. The molecule has 96 valence electrons. The first kappa shape index (κ1) is 12.9. The minimum absolute atomic E-state index is 0.486. The third-order valence-corrected chi connectivity index (χ3v) is 3.39. The van der Waals surface area contributed by atoms with E-state index in [1.54, 1.807) is 18.4 Å². The summed E-state index contributed by atoms with van der Waals surface area (Å²) in [5, 5.41) is 1.04. The van der Waals surface area contributed by atoms with Crippen molar-refractivity contribution in [1.29, 1.82) is 0 Å². The average Bonchev–Trinajstić information content (AvgIpc) is 2.81. The van der Waals surface area contributed by atoms with Crippen LogP contribution in [0, 0.1) is 6.92 Å². The molecule has 0 aliphatic heterocycles. The molecule has 1 aromatic heterocycles. The van der Waals surface area contributed by atoms with Gasteiger partial charge in [0, 0.05) is 12.7 Å². The number of ether oxygens (including phenoxy) is 2. The third kappa shape index (κ3) is 3.00. The zero-order valence-electron chi connectivity index (χ0n) is 10.5. The third-order valence-electron chi connectivity index (χ3n) is 2.50. The molecule has 2 N–H and O–H groups in total. The summed E-state index contributed by atoms with van der Waals surface area (Å²) in [6.45, 7) is 2.96. The van der Waals surface area contributed by atoms with E-state index in [2.05, 4.69) is 4.98 Å². The van der Waals surface area contributed by atoms with Crippen LogP contribution >= 0.6 is 11.3 Å². The van der Waals surface area contributed by atoms with Crippen molar-refractivity contribution in [2.45, 2.75) is 20.1 Å². The molecule has 0 saturated carbocycles. The van der Waals surface area contributed by atoms with E-state index in [0.29, 0.717) is 24.7 Å². The lowest BCUT2D eigenvalue weighted by Crippen LogP contribution is -2.00. The lowest BCUT2D eigenvalue weighted by Gasteiger charge is -2.11. The van der Waals surface area contributed by atoms with Crippen LogP contribution in [-0.2, 0) is 13.2 Å². The van der Waals surface area contributed by atoms with Crippen molar-refractivity contribution in [1.82, 2.24) is 4.98 Å². The van der Waals surface area contributed by atoms with Gasteiger partial charge in [0.25, 0.3) is 0 Å². The number of hydrogen-bond acceptors (Lipinski definition) is 5. The molecule has 0 amide bonds. The largest absolute Gasteiger partial charge is 0.493 e. The Balaban J connectivity index is 2.11. The van der Waals surface area contributed by atoms with Crippen molar-refractivity contribution in [2.24, 2.45) is 5.73 Å². The Labute approximate surface area is 110 Å². The molecule has 5 heteroatoms. The summed E-state index contributed by atoms with van der Waals surface area (Å²) in [6.07, 6.45) is 1.83. The van der Waals surface area contributed by atoms with Gasteiger partial charge in [-0.25, -0.2) is 4.98 Å². The zero-order chi connectivity index (χ0) is 13.0. The van der Waals surface area contributed by atoms with E-state index in [9.17, 15) is 0 Å². The highest BCUT2D eigenvalue weighted by Gasteiger charge is 2.06. The Hall–Kier alpha value is -1.59. The Morgan fingerprint density at radius 2 is 2.17 bits per heavy atom. The van der Waals surface area contributed by atoms with Crippen LogP contribution in [0.3, 0.4) is 0 Å². The molecule has 0 atom stereocenters. The van der Waals surface area contributed by atoms with Crippen molar-refractivity contribution in [3.8, 4) is 11.5 Å². The number of nitrogens with two attached hydrogens (primary N) is 1. The van der Waals surface area contributed by atoms with Gasteiger partial charge in [-0.1, -0.05) is 6.07 Å². The summed E-state index contributed by atoms with van der Waals surface area (Å²) in [5.74, 6) is 1.43. The van der Waals surface area contributed by atoms with Gasteiger partial charge in [0.2, 0.25) is 0 Å². The predicted molar refractivity (Wildman–Crippen MR) is 72.1 cm³/mol. The van der Waals surface area contributed by atoms with Gasteiger partial charge in [0.05, 0.1) is 17.0 Å². The second-order valence-corrected chi connectivity index (χ2v) is 5.14. The second kappa shape index (κ2) is 5.84. The zero-order valence-corrected chi connectivity index (χ0v) is 11.3. The van der Waals surface area contributed by atoms with Crippen molar-refractivity contribution in [3.63, 3.8) is 0 Å². The van der Waals surface area contributed by atoms with Crippen molar-refractivity contribution in [3.05, 3.63) is 39.8 Å². The Bertz CT molecular complexity index is 525. The van der Waals surface area contributed by atoms with E-state index in [4.69, 9.17) is 15.2 Å². The van der Waals surface area contributed by atoms with Crippen LogP contribution in [0.25, 0.3) is 0 Å². The van der Waals surface area contributed by atoms with Crippen molar-refractivity contribution in [2.75, 3.05) is 7.11 Å². The van der Waals surface area contributed by atoms with Gasteiger partial charge in [-0.15, -0.1) is 11.3 Å².